The number of rotatable bonds is 2. The van der Waals surface area contributed by atoms with Crippen LogP contribution in [0.3, 0.4) is 0 Å². The number of nitrogen functional groups attached to an aromatic ring is 1. The van der Waals surface area contributed by atoms with Crippen LogP contribution in [0.15, 0.2) is 18.2 Å². The molecular weight excluding hydrogens is 157 g/mol. The summed E-state index contributed by atoms with van der Waals surface area (Å²) in [7, 11) is 0. The van der Waals surface area contributed by atoms with E-state index in [2.05, 4.69) is 0 Å². The van der Waals surface area contributed by atoms with E-state index >= 15 is 0 Å². The minimum absolute atomic E-state index is 0.108. The van der Waals surface area contributed by atoms with E-state index < -0.39 is 5.82 Å². The highest BCUT2D eigenvalue weighted by Crippen LogP contribution is 2.16. The lowest BCUT2D eigenvalue weighted by Crippen LogP contribution is -2.20. The molecule has 0 aliphatic carbocycles. The molecule has 0 radical (unpaired) electrons. The number of benzene rings is 1. The first-order valence-corrected chi connectivity index (χ1v) is 3.65. The van der Waals surface area contributed by atoms with Gasteiger partial charge in [0.2, 0.25) is 0 Å². The topological polar surface area (TPSA) is 78.1 Å². The van der Waals surface area contributed by atoms with Gasteiger partial charge in [0.25, 0.3) is 0 Å². The van der Waals surface area contributed by atoms with Crippen molar-refractivity contribution in [3.05, 3.63) is 29.6 Å². The van der Waals surface area contributed by atoms with Gasteiger partial charge in [-0.15, -0.1) is 0 Å². The average molecular weight is 169 g/mol. The van der Waals surface area contributed by atoms with Crippen molar-refractivity contribution < 1.29 is 4.39 Å². The summed E-state index contributed by atoms with van der Waals surface area (Å²) in [4.78, 5) is 0. The van der Waals surface area contributed by atoms with Gasteiger partial charge in [-0.05, 0) is 17.7 Å². The molecule has 0 fully saturated rings. The normalized spacial score (nSPS) is 12.9. The van der Waals surface area contributed by atoms with Crippen molar-refractivity contribution in [2.75, 3.05) is 12.3 Å². The summed E-state index contributed by atoms with van der Waals surface area (Å²) in [6.07, 6.45) is 0. The predicted molar refractivity (Wildman–Crippen MR) is 46.8 cm³/mol. The highest BCUT2D eigenvalue weighted by atomic mass is 19.1. The number of hydrogen-bond donors (Lipinski definition) is 3. The van der Waals surface area contributed by atoms with Gasteiger partial charge in [-0.2, -0.15) is 0 Å². The maximum absolute atomic E-state index is 12.7. The fraction of sp³-hybridized carbons (Fsp3) is 0.250. The van der Waals surface area contributed by atoms with Crippen LogP contribution in [0.2, 0.25) is 0 Å². The van der Waals surface area contributed by atoms with Crippen molar-refractivity contribution in [3.63, 3.8) is 0 Å². The van der Waals surface area contributed by atoms with Crippen molar-refractivity contribution in [2.24, 2.45) is 11.5 Å². The Balaban J connectivity index is 2.96. The Morgan fingerprint density at radius 3 is 2.58 bits per heavy atom. The van der Waals surface area contributed by atoms with Crippen LogP contribution in [0.25, 0.3) is 0 Å². The van der Waals surface area contributed by atoms with Gasteiger partial charge in [0.15, 0.2) is 0 Å². The Labute approximate surface area is 70.3 Å². The highest BCUT2D eigenvalue weighted by molar-refractivity contribution is 5.43. The van der Waals surface area contributed by atoms with Gasteiger partial charge in [-0.3, -0.25) is 0 Å². The molecule has 0 saturated carbocycles. The summed E-state index contributed by atoms with van der Waals surface area (Å²) in [5.74, 6) is -0.428. The van der Waals surface area contributed by atoms with Gasteiger partial charge in [0.05, 0.1) is 5.69 Å². The molecule has 1 aromatic rings. The van der Waals surface area contributed by atoms with Crippen molar-refractivity contribution in [3.8, 4) is 0 Å². The molecule has 4 heteroatoms. The summed E-state index contributed by atoms with van der Waals surface area (Å²) >= 11 is 0. The molecular formula is C8H12FN3. The Morgan fingerprint density at radius 1 is 1.42 bits per heavy atom. The number of hydrogen-bond acceptors (Lipinski definition) is 3. The third-order valence-corrected chi connectivity index (χ3v) is 1.70. The summed E-state index contributed by atoms with van der Waals surface area (Å²) in [6.45, 7) is 0.324. The smallest absolute Gasteiger partial charge is 0.146 e. The Kier molecular flexibility index (Phi) is 2.62. The minimum atomic E-state index is -0.428. The van der Waals surface area contributed by atoms with Crippen LogP contribution in [0.5, 0.6) is 0 Å². The molecule has 1 atom stereocenters. The lowest BCUT2D eigenvalue weighted by molar-refractivity contribution is 0.629. The van der Waals surface area contributed by atoms with E-state index in [0.717, 1.165) is 5.56 Å². The van der Waals surface area contributed by atoms with Crippen LogP contribution in [0, 0.1) is 5.82 Å². The monoisotopic (exact) mass is 169 g/mol. The van der Waals surface area contributed by atoms with Gasteiger partial charge in [0, 0.05) is 12.6 Å². The van der Waals surface area contributed by atoms with E-state index in [0.29, 0.717) is 6.54 Å². The minimum Gasteiger partial charge on any atom is -0.396 e. The van der Waals surface area contributed by atoms with Crippen LogP contribution in [0.1, 0.15) is 11.6 Å². The summed E-state index contributed by atoms with van der Waals surface area (Å²) in [5.41, 5.74) is 17.2. The standard InChI is InChI=1S/C8H12FN3/c9-6-2-1-5(3-7(6)11)8(12)4-10/h1-3,8H,4,10-12H2. The predicted octanol–water partition coefficient (Wildman–Crippen LogP) is 0.366. The van der Waals surface area contributed by atoms with Crippen molar-refractivity contribution in [1.29, 1.82) is 0 Å². The first-order valence-electron chi connectivity index (χ1n) is 3.65. The zero-order valence-corrected chi connectivity index (χ0v) is 6.63. The molecule has 0 amide bonds. The molecule has 0 aromatic heterocycles. The molecule has 1 unspecified atom stereocenters. The molecule has 1 aromatic carbocycles. The number of anilines is 1. The first-order chi connectivity index (χ1) is 5.65. The number of nitrogens with two attached hydrogens (primary N) is 3. The van der Waals surface area contributed by atoms with Crippen LogP contribution in [-0.4, -0.2) is 6.54 Å². The molecule has 0 aliphatic heterocycles. The van der Waals surface area contributed by atoms with Crippen molar-refractivity contribution >= 4 is 5.69 Å². The van der Waals surface area contributed by atoms with Crippen LogP contribution >= 0.6 is 0 Å². The Morgan fingerprint density at radius 2 is 2.08 bits per heavy atom. The van der Waals surface area contributed by atoms with E-state index in [1.54, 1.807) is 6.07 Å². The first kappa shape index (κ1) is 8.96. The van der Waals surface area contributed by atoms with Gasteiger partial charge in [0.1, 0.15) is 5.82 Å². The summed E-state index contributed by atoms with van der Waals surface area (Å²) in [6, 6.07) is 4.11. The fourth-order valence-electron chi connectivity index (χ4n) is 0.929. The third-order valence-electron chi connectivity index (χ3n) is 1.70. The van der Waals surface area contributed by atoms with Gasteiger partial charge >= 0.3 is 0 Å². The van der Waals surface area contributed by atoms with Crippen LogP contribution < -0.4 is 17.2 Å². The Hall–Kier alpha value is -1.13. The largest absolute Gasteiger partial charge is 0.396 e. The summed E-state index contributed by atoms with van der Waals surface area (Å²) < 4.78 is 12.7. The zero-order valence-electron chi connectivity index (χ0n) is 6.63. The van der Waals surface area contributed by atoms with Gasteiger partial charge in [-0.1, -0.05) is 6.07 Å². The van der Waals surface area contributed by atoms with Crippen LogP contribution in [0.4, 0.5) is 10.1 Å². The second kappa shape index (κ2) is 3.51. The van der Waals surface area contributed by atoms with E-state index in [-0.39, 0.29) is 11.7 Å². The zero-order chi connectivity index (χ0) is 9.14. The maximum atomic E-state index is 12.7. The molecule has 66 valence electrons. The van der Waals surface area contributed by atoms with Gasteiger partial charge < -0.3 is 17.2 Å². The molecule has 0 spiro atoms. The van der Waals surface area contributed by atoms with Gasteiger partial charge in [-0.25, -0.2) is 4.39 Å². The lowest BCUT2D eigenvalue weighted by atomic mass is 10.1. The Bertz CT molecular complexity index is 275. The SMILES string of the molecule is NCC(N)c1ccc(F)c(N)c1. The maximum Gasteiger partial charge on any atom is 0.146 e. The van der Waals surface area contributed by atoms with Crippen molar-refractivity contribution in [1.82, 2.24) is 0 Å². The second-order valence-corrected chi connectivity index (χ2v) is 2.62. The second-order valence-electron chi connectivity index (χ2n) is 2.62. The molecule has 0 bridgehead atoms. The quantitative estimate of drug-likeness (QED) is 0.559. The fourth-order valence-corrected chi connectivity index (χ4v) is 0.929. The molecule has 0 aliphatic rings. The van der Waals surface area contributed by atoms with E-state index in [9.17, 15) is 4.39 Å². The third kappa shape index (κ3) is 1.72. The molecule has 0 saturated heterocycles. The van der Waals surface area contributed by atoms with E-state index in [4.69, 9.17) is 17.2 Å². The number of halogens is 1. The highest BCUT2D eigenvalue weighted by Gasteiger charge is 2.05. The molecule has 0 heterocycles. The molecule has 6 N–H and O–H groups in total. The van der Waals surface area contributed by atoms with Crippen molar-refractivity contribution in [2.45, 2.75) is 6.04 Å². The molecule has 3 nitrogen and oxygen atoms in total. The van der Waals surface area contributed by atoms with E-state index in [1.165, 1.54) is 12.1 Å². The lowest BCUT2D eigenvalue weighted by Gasteiger charge is -2.09. The summed E-state index contributed by atoms with van der Waals surface area (Å²) in [5, 5.41) is 0. The van der Waals surface area contributed by atoms with Crippen LogP contribution in [-0.2, 0) is 0 Å². The van der Waals surface area contributed by atoms with E-state index in [1.807, 2.05) is 0 Å². The average Bonchev–Trinajstić information content (AvgIpc) is 2.08. The molecule has 1 rings (SSSR count). The molecule has 12 heavy (non-hydrogen) atoms.